The van der Waals surface area contributed by atoms with Crippen molar-refractivity contribution in [1.29, 1.82) is 0 Å². The highest BCUT2D eigenvalue weighted by atomic mass is 15.5. The second-order valence-electron chi connectivity index (χ2n) is 1.77. The zero-order valence-corrected chi connectivity index (χ0v) is 9.35. The largest absolute Gasteiger partial charge is 0.385 e. The van der Waals surface area contributed by atoms with Gasteiger partial charge in [0.25, 0.3) is 0 Å². The van der Waals surface area contributed by atoms with Crippen LogP contribution in [0, 0.1) is 0 Å². The second kappa shape index (κ2) is 22.6. The van der Waals surface area contributed by atoms with Gasteiger partial charge in [-0.2, -0.15) is 0 Å². The lowest BCUT2D eigenvalue weighted by Gasteiger charge is -1.86. The maximum Gasteiger partial charge on any atom is 0.385 e. The van der Waals surface area contributed by atoms with Gasteiger partial charge in [-0.1, -0.05) is 4.79 Å². The van der Waals surface area contributed by atoms with Crippen molar-refractivity contribution in [3.63, 3.8) is 0 Å². The Bertz CT molecular complexity index is 151. The van der Waals surface area contributed by atoms with E-state index in [1.807, 2.05) is 0 Å². The molecule has 0 saturated heterocycles. The Balaban J connectivity index is -0.0000000590. The molecule has 0 aliphatic carbocycles. The Morgan fingerprint density at radius 2 is 1.27 bits per heavy atom. The fourth-order valence-corrected chi connectivity index (χ4v) is 0. The first-order valence-electron chi connectivity index (χ1n) is 3.77. The number of nitrogens with zero attached hydrogens (tertiary/aromatic N) is 1. The van der Waals surface area contributed by atoms with Crippen LogP contribution >= 0.6 is 0 Å². The van der Waals surface area contributed by atoms with Gasteiger partial charge in [-0.25, -0.2) is 0 Å². The minimum absolute atomic E-state index is 0.102. The highest BCUT2D eigenvalue weighted by Crippen LogP contribution is 1.27. The zero-order valence-electron chi connectivity index (χ0n) is 9.35. The summed E-state index contributed by atoms with van der Waals surface area (Å²) in [5.74, 6) is 9.83. The third-order valence-corrected chi connectivity index (χ3v) is 0.298. The standard InChI is InChI=1S/C2H6N2.CH7N5.CH4N2.CH5N/c1-2(3)4;2-1(3)6(4)5;2-1-3;1-2/h1H3,(H3,3,4);4-5H2,(H3,2,3);1H,(H3,2,3);2H2,1H3/p+4. The van der Waals surface area contributed by atoms with Gasteiger partial charge in [0, 0.05) is 6.92 Å². The minimum Gasteiger partial charge on any atom is -0.360 e. The zero-order chi connectivity index (χ0) is 13.4. The highest BCUT2D eigenvalue weighted by Gasteiger charge is 1.84. The highest BCUT2D eigenvalue weighted by molar-refractivity contribution is 5.70. The maximum atomic E-state index is 4.81. The molecule has 0 aromatic carbocycles. The van der Waals surface area contributed by atoms with Gasteiger partial charge in [-0.15, -0.1) is 0 Å². The van der Waals surface area contributed by atoms with Crippen LogP contribution in [0.2, 0.25) is 0 Å². The third-order valence-electron chi connectivity index (χ3n) is 0.298. The van der Waals surface area contributed by atoms with Gasteiger partial charge in [0.2, 0.25) is 12.2 Å². The number of hydrazone groups is 2. The van der Waals surface area contributed by atoms with Crippen LogP contribution in [0.4, 0.5) is 0 Å². The summed E-state index contributed by atoms with van der Waals surface area (Å²) in [5.41, 5.74) is 22.2. The molecule has 0 aromatic heterocycles. The summed E-state index contributed by atoms with van der Waals surface area (Å²) < 4.78 is 0. The monoisotopic (exact) mass is 226 g/mol. The van der Waals surface area contributed by atoms with Gasteiger partial charge in [0.05, 0.1) is 7.05 Å². The predicted octanol–water partition coefficient (Wildman–Crippen LogP) is -8.27. The molecule has 19 N–H and O–H groups in total. The van der Waals surface area contributed by atoms with E-state index in [2.05, 4.69) is 16.9 Å². The van der Waals surface area contributed by atoms with E-state index < -0.39 is 0 Å². The quantitative estimate of drug-likeness (QED) is 0.0638. The van der Waals surface area contributed by atoms with Crippen molar-refractivity contribution >= 4 is 18.1 Å². The normalized spacial score (nSPS) is 5.80. The number of quaternary nitrogens is 1. The Morgan fingerprint density at radius 1 is 1.20 bits per heavy atom. The Hall–Kier alpha value is -2.23. The molecule has 0 unspecified atom stereocenters. The molecule has 0 bridgehead atoms. The van der Waals surface area contributed by atoms with E-state index in [1.54, 1.807) is 14.0 Å². The van der Waals surface area contributed by atoms with E-state index >= 15 is 0 Å². The molecule has 0 radical (unpaired) electrons. The summed E-state index contributed by atoms with van der Waals surface area (Å²) >= 11 is 0. The molecule has 0 saturated carbocycles. The fourth-order valence-electron chi connectivity index (χ4n) is 0. The van der Waals surface area contributed by atoms with Crippen molar-refractivity contribution < 1.29 is 21.3 Å². The van der Waals surface area contributed by atoms with Crippen LogP contribution in [0.3, 0.4) is 0 Å². The Morgan fingerprint density at radius 3 is 1.27 bits per heavy atom. The molecule has 0 aromatic rings. The SMILES string of the molecule is CC(N)=[NH2+].C[NH3+].NC(N)=[N+](N)N.NC=[NH2+]. The van der Waals surface area contributed by atoms with Gasteiger partial charge < -0.3 is 5.73 Å². The number of nitrogens with two attached hydrogens (primary N) is 8. The van der Waals surface area contributed by atoms with Gasteiger partial charge in [-0.3, -0.25) is 45.4 Å². The van der Waals surface area contributed by atoms with Crippen LogP contribution in [-0.2, 0) is 0 Å². The molecule has 15 heavy (non-hydrogen) atoms. The first-order chi connectivity index (χ1) is 6.79. The molecule has 0 atom stereocenters. The molecular formula is C5H26N10+4. The number of amidine groups is 1. The van der Waals surface area contributed by atoms with Crippen LogP contribution in [0.25, 0.3) is 0 Å². The summed E-state index contributed by atoms with van der Waals surface area (Å²) in [6.45, 7) is 1.64. The molecular weight excluding hydrogens is 200 g/mol. The van der Waals surface area contributed by atoms with Gasteiger partial charge in [0.1, 0.15) is 0 Å². The van der Waals surface area contributed by atoms with E-state index in [4.69, 9.17) is 34.3 Å². The van der Waals surface area contributed by atoms with Crippen molar-refractivity contribution in [3.8, 4) is 0 Å². The van der Waals surface area contributed by atoms with Crippen molar-refractivity contribution in [3.05, 3.63) is 0 Å². The number of rotatable bonds is 0. The number of hydrogen-bond acceptors (Lipinski definition) is 2. The summed E-state index contributed by atoms with van der Waals surface area (Å²) in [6, 6.07) is 0. The topological polar surface area (TPSA) is 238 Å². The molecule has 0 aliphatic rings. The van der Waals surface area contributed by atoms with E-state index in [-0.39, 0.29) is 5.96 Å². The van der Waals surface area contributed by atoms with Crippen molar-refractivity contribution in [2.75, 3.05) is 7.05 Å². The minimum atomic E-state index is -0.102. The number of hydrogen-bond donors (Lipinski definition) is 9. The molecule has 0 amide bonds. The van der Waals surface area contributed by atoms with Gasteiger partial charge in [-0.05, 0) is 0 Å². The second-order valence-corrected chi connectivity index (χ2v) is 1.77. The van der Waals surface area contributed by atoms with Crippen LogP contribution in [0.5, 0.6) is 0 Å². The van der Waals surface area contributed by atoms with Crippen LogP contribution in [-0.4, -0.2) is 30.0 Å². The lowest BCUT2D eigenvalue weighted by atomic mass is 10.8. The fraction of sp³-hybridized carbons (Fsp3) is 0.400. The number of guanidine groups is 1. The summed E-state index contributed by atoms with van der Waals surface area (Å²) in [7, 11) is 1.75. The first-order valence-corrected chi connectivity index (χ1v) is 3.77. The van der Waals surface area contributed by atoms with E-state index in [0.717, 1.165) is 6.34 Å². The Labute approximate surface area is 89.0 Å². The van der Waals surface area contributed by atoms with Gasteiger partial charge in [0.15, 0.2) is 0 Å². The van der Waals surface area contributed by atoms with E-state index in [9.17, 15) is 0 Å². The molecule has 10 nitrogen and oxygen atoms in total. The lowest BCUT2D eigenvalue weighted by molar-refractivity contribution is -0.553. The molecule has 92 valence electrons. The van der Waals surface area contributed by atoms with Crippen molar-refractivity contribution in [2.24, 2.45) is 34.6 Å². The summed E-state index contributed by atoms with van der Waals surface area (Å²) in [6.07, 6.45) is 1.00. The van der Waals surface area contributed by atoms with Crippen LogP contribution < -0.4 is 51.2 Å². The predicted molar refractivity (Wildman–Crippen MR) is 59.8 cm³/mol. The summed E-state index contributed by atoms with van der Waals surface area (Å²) in [5, 5.41) is 9.31. The lowest BCUT2D eigenvalue weighted by Crippen LogP contribution is -2.43. The molecule has 0 spiro atoms. The summed E-state index contributed by atoms with van der Waals surface area (Å²) in [4.78, 5) is 0.639. The molecule has 10 heteroatoms. The van der Waals surface area contributed by atoms with Crippen molar-refractivity contribution in [1.82, 2.24) is 0 Å². The van der Waals surface area contributed by atoms with E-state index in [1.165, 1.54) is 0 Å². The Kier molecular flexibility index (Phi) is 34.7. The van der Waals surface area contributed by atoms with Crippen LogP contribution in [0.15, 0.2) is 0 Å². The molecule has 0 fully saturated rings. The average Bonchev–Trinajstić information content (AvgIpc) is 2.08. The molecule has 0 aliphatic heterocycles. The molecule has 0 heterocycles. The molecule has 0 rings (SSSR count). The smallest absolute Gasteiger partial charge is 0.360 e. The van der Waals surface area contributed by atoms with Gasteiger partial charge >= 0.3 is 5.96 Å². The third kappa shape index (κ3) is 359. The first kappa shape index (κ1) is 23.0. The average molecular weight is 226 g/mol. The van der Waals surface area contributed by atoms with E-state index in [0.29, 0.717) is 10.6 Å². The maximum absolute atomic E-state index is 4.81. The van der Waals surface area contributed by atoms with Crippen LogP contribution in [0.1, 0.15) is 6.92 Å². The van der Waals surface area contributed by atoms with Crippen molar-refractivity contribution in [2.45, 2.75) is 6.92 Å². The number of hydrazine groups is 2.